The average Bonchev–Trinajstić information content (AvgIpc) is 2.78. The molecular weight excluding hydrogens is 412 g/mol. The molecule has 0 radical (unpaired) electrons. The minimum atomic E-state index is -0.641. The summed E-state index contributed by atoms with van der Waals surface area (Å²) >= 11 is 0. The van der Waals surface area contributed by atoms with Gasteiger partial charge in [0, 0.05) is 5.41 Å². The predicted molar refractivity (Wildman–Crippen MR) is 156 cm³/mol. The number of hydrogen-bond donors (Lipinski definition) is 2. The van der Waals surface area contributed by atoms with E-state index in [1.807, 2.05) is 6.92 Å². The summed E-state index contributed by atoms with van der Waals surface area (Å²) in [6.45, 7) is 13.7. The lowest BCUT2D eigenvalue weighted by Gasteiger charge is -2.52. The number of rotatable bonds is 25. The Morgan fingerprint density at radius 3 is 0.853 bits per heavy atom. The highest BCUT2D eigenvalue weighted by Gasteiger charge is 2.48. The van der Waals surface area contributed by atoms with Gasteiger partial charge < -0.3 is 11.5 Å². The molecule has 0 bridgehead atoms. The van der Waals surface area contributed by atoms with E-state index in [2.05, 4.69) is 34.6 Å². The Morgan fingerprint density at radius 1 is 0.382 bits per heavy atom. The first-order chi connectivity index (χ1) is 16.1. The fourth-order valence-electron chi connectivity index (χ4n) is 5.58. The van der Waals surface area contributed by atoms with Crippen molar-refractivity contribution in [3.63, 3.8) is 0 Å². The Labute approximate surface area is 217 Å². The van der Waals surface area contributed by atoms with Gasteiger partial charge in [-0.3, -0.25) is 0 Å². The molecule has 1 unspecified atom stereocenters. The summed E-state index contributed by atoms with van der Waals surface area (Å²) in [4.78, 5) is 0. The molecule has 206 valence electrons. The summed E-state index contributed by atoms with van der Waals surface area (Å²) < 4.78 is 0. The van der Waals surface area contributed by atoms with Gasteiger partial charge in [-0.2, -0.15) is 0 Å². The zero-order valence-electron chi connectivity index (χ0n) is 24.9. The Bertz CT molecular complexity index is 437. The molecule has 0 heterocycles. The molecular formula is C32H68N2. The van der Waals surface area contributed by atoms with Crippen LogP contribution in [0.3, 0.4) is 0 Å². The van der Waals surface area contributed by atoms with Crippen molar-refractivity contribution < 1.29 is 0 Å². The van der Waals surface area contributed by atoms with Crippen molar-refractivity contribution in [1.82, 2.24) is 0 Å². The van der Waals surface area contributed by atoms with E-state index in [1.165, 1.54) is 148 Å². The molecule has 2 heteroatoms. The molecule has 0 aliphatic rings. The zero-order chi connectivity index (χ0) is 25.8. The third-order valence-corrected chi connectivity index (χ3v) is 9.27. The van der Waals surface area contributed by atoms with E-state index < -0.39 is 5.66 Å². The summed E-state index contributed by atoms with van der Waals surface area (Å²) in [6.07, 6.45) is 31.9. The Hall–Kier alpha value is -0.0800. The minimum absolute atomic E-state index is 0.0717. The van der Waals surface area contributed by atoms with Crippen LogP contribution in [-0.4, -0.2) is 5.66 Å². The molecule has 0 aliphatic heterocycles. The van der Waals surface area contributed by atoms with Gasteiger partial charge in [0.15, 0.2) is 0 Å². The molecule has 1 atom stereocenters. The van der Waals surface area contributed by atoms with Gasteiger partial charge in [-0.1, -0.05) is 169 Å². The molecule has 4 N–H and O–H groups in total. The van der Waals surface area contributed by atoms with Gasteiger partial charge in [0.05, 0.1) is 5.66 Å². The quantitative estimate of drug-likeness (QED) is 0.101. The molecule has 0 saturated heterocycles. The first-order valence-corrected chi connectivity index (χ1v) is 15.7. The first-order valence-electron chi connectivity index (χ1n) is 15.7. The van der Waals surface area contributed by atoms with Crippen LogP contribution in [0.5, 0.6) is 0 Å². The molecule has 0 amide bonds. The lowest BCUT2D eigenvalue weighted by atomic mass is 9.57. The van der Waals surface area contributed by atoms with Crippen LogP contribution in [0.15, 0.2) is 0 Å². The van der Waals surface area contributed by atoms with Crippen molar-refractivity contribution in [3.05, 3.63) is 0 Å². The maximum Gasteiger partial charge on any atom is 0.0665 e. The Morgan fingerprint density at radius 2 is 0.618 bits per heavy atom. The molecule has 0 rings (SSSR count). The fraction of sp³-hybridized carbons (Fsp3) is 1.00. The molecule has 0 spiro atoms. The van der Waals surface area contributed by atoms with Crippen molar-refractivity contribution in [2.75, 3.05) is 0 Å². The first kappa shape index (κ1) is 33.9. The van der Waals surface area contributed by atoms with E-state index >= 15 is 0 Å². The van der Waals surface area contributed by atoms with E-state index in [1.54, 1.807) is 0 Å². The Kier molecular flexibility index (Phi) is 20.0. The molecule has 0 aromatic carbocycles. The van der Waals surface area contributed by atoms with Crippen LogP contribution in [0.1, 0.15) is 189 Å². The van der Waals surface area contributed by atoms with Gasteiger partial charge in [0.1, 0.15) is 0 Å². The molecule has 0 aromatic rings. The summed E-state index contributed by atoms with van der Waals surface area (Å²) in [6, 6.07) is 0. The predicted octanol–water partition coefficient (Wildman–Crippen LogP) is 10.7. The highest BCUT2D eigenvalue weighted by atomic mass is 15.0. The molecule has 0 aromatic heterocycles. The van der Waals surface area contributed by atoms with Gasteiger partial charge in [-0.05, 0) is 25.2 Å². The maximum absolute atomic E-state index is 6.53. The highest BCUT2D eigenvalue weighted by molar-refractivity contribution is 5.00. The van der Waals surface area contributed by atoms with E-state index in [9.17, 15) is 0 Å². The smallest absolute Gasteiger partial charge is 0.0665 e. The molecule has 0 aliphatic carbocycles. The summed E-state index contributed by atoms with van der Waals surface area (Å²) in [5.41, 5.74) is 12.6. The third-order valence-electron chi connectivity index (χ3n) is 9.27. The topological polar surface area (TPSA) is 52.0 Å². The lowest BCUT2D eigenvalue weighted by molar-refractivity contribution is -0.00454. The van der Waals surface area contributed by atoms with Crippen LogP contribution in [-0.2, 0) is 0 Å². The van der Waals surface area contributed by atoms with E-state index in [0.29, 0.717) is 0 Å². The van der Waals surface area contributed by atoms with Crippen molar-refractivity contribution in [1.29, 1.82) is 0 Å². The molecule has 0 saturated carbocycles. The number of unbranched alkanes of at least 4 members (excludes halogenated alkanes) is 19. The average molecular weight is 481 g/mol. The van der Waals surface area contributed by atoms with Gasteiger partial charge >= 0.3 is 0 Å². The maximum atomic E-state index is 6.53. The SMILES string of the molecule is CCCCCCCCCCCCCC(C)(CCCCCCCCCCCC)C(C)(C)C(C)(N)N. The third kappa shape index (κ3) is 15.1. The van der Waals surface area contributed by atoms with Crippen molar-refractivity contribution in [2.24, 2.45) is 22.3 Å². The van der Waals surface area contributed by atoms with E-state index in [4.69, 9.17) is 11.5 Å². The summed E-state index contributed by atoms with van der Waals surface area (Å²) in [7, 11) is 0. The largest absolute Gasteiger partial charge is 0.313 e. The number of nitrogens with two attached hydrogens (primary N) is 2. The van der Waals surface area contributed by atoms with E-state index in [-0.39, 0.29) is 10.8 Å². The van der Waals surface area contributed by atoms with Gasteiger partial charge in [-0.15, -0.1) is 0 Å². The molecule has 2 nitrogen and oxygen atoms in total. The highest BCUT2D eigenvalue weighted by Crippen LogP contribution is 2.50. The second kappa shape index (κ2) is 20.0. The van der Waals surface area contributed by atoms with Crippen LogP contribution < -0.4 is 11.5 Å². The zero-order valence-corrected chi connectivity index (χ0v) is 24.9. The fourth-order valence-corrected chi connectivity index (χ4v) is 5.58. The lowest BCUT2D eigenvalue weighted by Crippen LogP contribution is -2.63. The van der Waals surface area contributed by atoms with E-state index in [0.717, 1.165) is 0 Å². The van der Waals surface area contributed by atoms with Crippen LogP contribution >= 0.6 is 0 Å². The van der Waals surface area contributed by atoms with Crippen molar-refractivity contribution in [3.8, 4) is 0 Å². The second-order valence-corrected chi connectivity index (χ2v) is 12.7. The minimum Gasteiger partial charge on any atom is -0.313 e. The molecule has 34 heavy (non-hydrogen) atoms. The number of hydrogen-bond acceptors (Lipinski definition) is 2. The van der Waals surface area contributed by atoms with Gasteiger partial charge in [0.2, 0.25) is 0 Å². The summed E-state index contributed by atoms with van der Waals surface area (Å²) in [5.74, 6) is 0. The van der Waals surface area contributed by atoms with Crippen LogP contribution in [0, 0.1) is 10.8 Å². The summed E-state index contributed by atoms with van der Waals surface area (Å²) in [5, 5.41) is 0. The normalized spacial score (nSPS) is 14.5. The van der Waals surface area contributed by atoms with Crippen LogP contribution in [0.4, 0.5) is 0 Å². The molecule has 0 fully saturated rings. The standard InChI is InChI=1S/C32H68N2/c1-7-9-11-13-15-17-19-21-23-25-27-29-31(5,30(3,4)32(6,33)34)28-26-24-22-20-18-16-14-12-10-8-2/h7-29,33-34H2,1-6H3. The van der Waals surface area contributed by atoms with Crippen LogP contribution in [0.25, 0.3) is 0 Å². The van der Waals surface area contributed by atoms with Crippen molar-refractivity contribution >= 4 is 0 Å². The van der Waals surface area contributed by atoms with Gasteiger partial charge in [-0.25, -0.2) is 0 Å². The van der Waals surface area contributed by atoms with Crippen LogP contribution in [0.2, 0.25) is 0 Å². The Balaban J connectivity index is 4.24. The second-order valence-electron chi connectivity index (χ2n) is 12.7. The van der Waals surface area contributed by atoms with Gasteiger partial charge in [0.25, 0.3) is 0 Å². The van der Waals surface area contributed by atoms with Crippen molar-refractivity contribution in [2.45, 2.75) is 195 Å². The monoisotopic (exact) mass is 481 g/mol.